The third kappa shape index (κ3) is 4.57. The van der Waals surface area contributed by atoms with Crippen molar-refractivity contribution in [1.29, 1.82) is 0 Å². The van der Waals surface area contributed by atoms with Crippen molar-refractivity contribution in [3.63, 3.8) is 0 Å². The van der Waals surface area contributed by atoms with Crippen LogP contribution < -0.4 is 0 Å². The Hall–Kier alpha value is -0.730. The van der Waals surface area contributed by atoms with Crippen molar-refractivity contribution in [1.82, 2.24) is 4.90 Å². The lowest BCUT2D eigenvalue weighted by molar-refractivity contribution is 0.0763. The van der Waals surface area contributed by atoms with Gasteiger partial charge in [-0.15, -0.1) is 11.6 Å². The molecular weight excluding hydrogens is 257 g/mol. The van der Waals surface area contributed by atoms with E-state index in [-0.39, 0.29) is 5.91 Å². The lowest BCUT2D eigenvalue weighted by Crippen LogP contribution is -2.33. The van der Waals surface area contributed by atoms with E-state index in [1.807, 2.05) is 0 Å². The molecule has 0 saturated heterocycles. The van der Waals surface area contributed by atoms with Crippen LogP contribution >= 0.6 is 23.2 Å². The van der Waals surface area contributed by atoms with Gasteiger partial charge in [-0.1, -0.05) is 24.9 Å². The van der Waals surface area contributed by atoms with Gasteiger partial charge < -0.3 is 4.90 Å². The maximum absolute atomic E-state index is 12.2. The minimum Gasteiger partial charge on any atom is -0.337 e. The summed E-state index contributed by atoms with van der Waals surface area (Å²) in [6, 6.07) is 6.96. The Labute approximate surface area is 113 Å². The standard InChI is InChI=1S/C13H17Cl2NO/c1-2-3-9-16(10-8-14)13(17)11-4-6-12(15)7-5-11/h4-7H,2-3,8-10H2,1H3. The Morgan fingerprint density at radius 3 is 2.41 bits per heavy atom. The Bertz CT molecular complexity index is 351. The number of unbranched alkanes of at least 4 members (excludes halogenated alkanes) is 1. The van der Waals surface area contributed by atoms with Crippen molar-refractivity contribution in [2.24, 2.45) is 0 Å². The van der Waals surface area contributed by atoms with Crippen molar-refractivity contribution < 1.29 is 4.79 Å². The number of carbonyl (C=O) groups is 1. The van der Waals surface area contributed by atoms with E-state index in [2.05, 4.69) is 6.92 Å². The maximum atomic E-state index is 12.2. The molecule has 1 amide bonds. The molecule has 1 aromatic carbocycles. The van der Waals surface area contributed by atoms with Crippen LogP contribution in [-0.2, 0) is 0 Å². The van der Waals surface area contributed by atoms with Crippen LogP contribution in [0.15, 0.2) is 24.3 Å². The second-order valence-electron chi connectivity index (χ2n) is 3.84. The predicted molar refractivity (Wildman–Crippen MR) is 73.0 cm³/mol. The van der Waals surface area contributed by atoms with Crippen LogP contribution in [0.4, 0.5) is 0 Å². The minimum atomic E-state index is 0.0239. The highest BCUT2D eigenvalue weighted by atomic mass is 35.5. The lowest BCUT2D eigenvalue weighted by Gasteiger charge is -2.21. The molecule has 17 heavy (non-hydrogen) atoms. The predicted octanol–water partition coefficient (Wildman–Crippen LogP) is 3.82. The van der Waals surface area contributed by atoms with Gasteiger partial charge in [-0.2, -0.15) is 0 Å². The zero-order chi connectivity index (χ0) is 12.7. The van der Waals surface area contributed by atoms with Crippen LogP contribution in [0.1, 0.15) is 30.1 Å². The quantitative estimate of drug-likeness (QED) is 0.722. The van der Waals surface area contributed by atoms with Crippen molar-refractivity contribution in [3.05, 3.63) is 34.9 Å². The molecule has 1 rings (SSSR count). The van der Waals surface area contributed by atoms with Gasteiger partial charge in [0.15, 0.2) is 0 Å². The van der Waals surface area contributed by atoms with Crippen molar-refractivity contribution in [3.8, 4) is 0 Å². The maximum Gasteiger partial charge on any atom is 0.253 e. The zero-order valence-corrected chi connectivity index (χ0v) is 11.5. The first-order valence-electron chi connectivity index (χ1n) is 5.79. The average Bonchev–Trinajstić information content (AvgIpc) is 2.34. The molecular formula is C13H17Cl2NO. The summed E-state index contributed by atoms with van der Waals surface area (Å²) in [4.78, 5) is 14.0. The average molecular weight is 274 g/mol. The molecule has 0 radical (unpaired) electrons. The number of rotatable bonds is 6. The summed E-state index contributed by atoms with van der Waals surface area (Å²) in [5.74, 6) is 0.485. The third-order valence-corrected chi connectivity index (χ3v) is 2.94. The molecule has 0 aliphatic rings. The Morgan fingerprint density at radius 2 is 1.88 bits per heavy atom. The second-order valence-corrected chi connectivity index (χ2v) is 4.66. The molecule has 0 N–H and O–H groups in total. The van der Waals surface area contributed by atoms with Gasteiger partial charge in [-0.25, -0.2) is 0 Å². The SMILES string of the molecule is CCCCN(CCCl)C(=O)c1ccc(Cl)cc1. The second kappa shape index (κ2) is 7.57. The number of hydrogen-bond acceptors (Lipinski definition) is 1. The molecule has 0 aliphatic heterocycles. The molecule has 0 saturated carbocycles. The summed E-state index contributed by atoms with van der Waals surface area (Å²) >= 11 is 11.5. The Kier molecular flexibility index (Phi) is 6.38. The van der Waals surface area contributed by atoms with Crippen LogP contribution in [0.25, 0.3) is 0 Å². The van der Waals surface area contributed by atoms with E-state index < -0.39 is 0 Å². The summed E-state index contributed by atoms with van der Waals surface area (Å²) in [7, 11) is 0. The van der Waals surface area contributed by atoms with Crippen LogP contribution in [0.3, 0.4) is 0 Å². The van der Waals surface area contributed by atoms with Crippen LogP contribution in [-0.4, -0.2) is 29.8 Å². The van der Waals surface area contributed by atoms with Crippen molar-refractivity contribution in [2.45, 2.75) is 19.8 Å². The normalized spacial score (nSPS) is 10.3. The van der Waals surface area contributed by atoms with Crippen LogP contribution in [0.5, 0.6) is 0 Å². The van der Waals surface area contributed by atoms with Crippen LogP contribution in [0, 0.1) is 0 Å². The first-order chi connectivity index (χ1) is 8.19. The van der Waals surface area contributed by atoms with Gasteiger partial charge >= 0.3 is 0 Å². The molecule has 0 atom stereocenters. The summed E-state index contributed by atoms with van der Waals surface area (Å²) in [6.07, 6.45) is 2.06. The lowest BCUT2D eigenvalue weighted by atomic mass is 10.2. The number of nitrogens with zero attached hydrogens (tertiary/aromatic N) is 1. The smallest absolute Gasteiger partial charge is 0.253 e. The van der Waals surface area contributed by atoms with Gasteiger partial charge in [0, 0.05) is 29.6 Å². The highest BCUT2D eigenvalue weighted by Crippen LogP contribution is 2.12. The molecule has 0 aromatic heterocycles. The summed E-state index contributed by atoms with van der Waals surface area (Å²) in [5, 5.41) is 0.638. The fourth-order valence-electron chi connectivity index (χ4n) is 1.54. The molecule has 0 unspecified atom stereocenters. The number of carbonyl (C=O) groups excluding carboxylic acids is 1. The van der Waals surface area contributed by atoms with E-state index >= 15 is 0 Å². The largest absolute Gasteiger partial charge is 0.337 e. The monoisotopic (exact) mass is 273 g/mol. The van der Waals surface area contributed by atoms with Gasteiger partial charge in [-0.05, 0) is 30.7 Å². The minimum absolute atomic E-state index is 0.0239. The summed E-state index contributed by atoms with van der Waals surface area (Å²) in [5.41, 5.74) is 0.663. The first kappa shape index (κ1) is 14.3. The summed E-state index contributed by atoms with van der Waals surface area (Å²) in [6.45, 7) is 3.44. The van der Waals surface area contributed by atoms with Gasteiger partial charge in [0.2, 0.25) is 0 Å². The fourth-order valence-corrected chi connectivity index (χ4v) is 1.87. The number of amides is 1. The van der Waals surface area contributed by atoms with Crippen LogP contribution in [0.2, 0.25) is 5.02 Å². The fraction of sp³-hybridized carbons (Fsp3) is 0.462. The highest BCUT2D eigenvalue weighted by Gasteiger charge is 2.14. The zero-order valence-electron chi connectivity index (χ0n) is 9.96. The molecule has 2 nitrogen and oxygen atoms in total. The molecule has 94 valence electrons. The van der Waals surface area contributed by atoms with Crippen molar-refractivity contribution >= 4 is 29.1 Å². The molecule has 0 heterocycles. The molecule has 4 heteroatoms. The molecule has 0 spiro atoms. The number of halogens is 2. The highest BCUT2D eigenvalue weighted by molar-refractivity contribution is 6.30. The molecule has 0 fully saturated rings. The molecule has 0 bridgehead atoms. The van der Waals surface area contributed by atoms with Gasteiger partial charge in [-0.3, -0.25) is 4.79 Å². The Morgan fingerprint density at radius 1 is 1.24 bits per heavy atom. The topological polar surface area (TPSA) is 20.3 Å². The molecule has 0 aliphatic carbocycles. The third-order valence-electron chi connectivity index (χ3n) is 2.51. The van der Waals surface area contributed by atoms with Crippen molar-refractivity contribution in [2.75, 3.05) is 19.0 Å². The number of alkyl halides is 1. The van der Waals surface area contributed by atoms with E-state index in [4.69, 9.17) is 23.2 Å². The first-order valence-corrected chi connectivity index (χ1v) is 6.71. The van der Waals surface area contributed by atoms with Gasteiger partial charge in [0.25, 0.3) is 5.91 Å². The van der Waals surface area contributed by atoms with Gasteiger partial charge in [0.1, 0.15) is 0 Å². The summed E-state index contributed by atoms with van der Waals surface area (Å²) < 4.78 is 0. The number of hydrogen-bond donors (Lipinski definition) is 0. The van der Waals surface area contributed by atoms with E-state index in [1.54, 1.807) is 29.2 Å². The number of benzene rings is 1. The molecule has 1 aromatic rings. The van der Waals surface area contributed by atoms with E-state index in [0.29, 0.717) is 23.0 Å². The van der Waals surface area contributed by atoms with E-state index in [1.165, 1.54) is 0 Å². The Balaban J connectivity index is 2.72. The van der Waals surface area contributed by atoms with Gasteiger partial charge in [0.05, 0.1) is 0 Å². The van der Waals surface area contributed by atoms with E-state index in [0.717, 1.165) is 19.4 Å². The van der Waals surface area contributed by atoms with E-state index in [9.17, 15) is 4.79 Å².